The van der Waals surface area contributed by atoms with Gasteiger partial charge in [-0.15, -0.1) is 10.2 Å². The molecule has 0 unspecified atom stereocenters. The Labute approximate surface area is 94.3 Å². The number of aromatic nitrogens is 2. The van der Waals surface area contributed by atoms with Crippen molar-refractivity contribution in [2.75, 3.05) is 5.32 Å². The quantitative estimate of drug-likeness (QED) is 0.834. The van der Waals surface area contributed by atoms with Crippen LogP contribution < -0.4 is 5.32 Å². The van der Waals surface area contributed by atoms with Crippen molar-refractivity contribution in [2.45, 2.75) is 45.1 Å². The first-order valence-corrected chi connectivity index (χ1v) is 6.77. The molecule has 2 aliphatic rings. The standard InChI is InChI=1S/C11H17N3S/c1-2-9-13-14-11(15-9)12-10(7-3-4-7)8-5-6-8/h7-8,10H,2-6H2,1H3,(H,12,14). The Morgan fingerprint density at radius 1 is 1.27 bits per heavy atom. The van der Waals surface area contributed by atoms with Crippen molar-refractivity contribution in [2.24, 2.45) is 11.8 Å². The summed E-state index contributed by atoms with van der Waals surface area (Å²) < 4.78 is 0. The van der Waals surface area contributed by atoms with Gasteiger partial charge < -0.3 is 5.32 Å². The number of anilines is 1. The van der Waals surface area contributed by atoms with Crippen molar-refractivity contribution in [3.63, 3.8) is 0 Å². The Balaban J connectivity index is 1.66. The molecule has 0 radical (unpaired) electrons. The molecule has 0 saturated heterocycles. The molecule has 1 N–H and O–H groups in total. The van der Waals surface area contributed by atoms with E-state index < -0.39 is 0 Å². The maximum atomic E-state index is 4.20. The highest BCUT2D eigenvalue weighted by molar-refractivity contribution is 7.15. The Kier molecular flexibility index (Phi) is 2.39. The van der Waals surface area contributed by atoms with Gasteiger partial charge in [0.2, 0.25) is 5.13 Å². The molecule has 2 saturated carbocycles. The molecule has 0 atom stereocenters. The molecule has 15 heavy (non-hydrogen) atoms. The summed E-state index contributed by atoms with van der Waals surface area (Å²) in [5, 5.41) is 14.1. The highest BCUT2D eigenvalue weighted by atomic mass is 32.1. The average molecular weight is 223 g/mol. The molecule has 82 valence electrons. The summed E-state index contributed by atoms with van der Waals surface area (Å²) >= 11 is 1.72. The van der Waals surface area contributed by atoms with E-state index in [1.54, 1.807) is 11.3 Å². The minimum atomic E-state index is 0.697. The number of hydrogen-bond acceptors (Lipinski definition) is 4. The van der Waals surface area contributed by atoms with Gasteiger partial charge in [-0.05, 0) is 43.9 Å². The van der Waals surface area contributed by atoms with Gasteiger partial charge in [0.05, 0.1) is 0 Å². The average Bonchev–Trinajstić information content (AvgIpc) is 3.14. The molecule has 0 bridgehead atoms. The van der Waals surface area contributed by atoms with E-state index in [9.17, 15) is 0 Å². The summed E-state index contributed by atoms with van der Waals surface area (Å²) in [6, 6.07) is 0.697. The third kappa shape index (κ3) is 2.14. The number of nitrogens with one attached hydrogen (secondary N) is 1. The van der Waals surface area contributed by atoms with Crippen molar-refractivity contribution >= 4 is 16.5 Å². The van der Waals surface area contributed by atoms with Crippen LogP contribution in [-0.2, 0) is 6.42 Å². The van der Waals surface area contributed by atoms with E-state index >= 15 is 0 Å². The minimum absolute atomic E-state index is 0.697. The van der Waals surface area contributed by atoms with Crippen molar-refractivity contribution in [1.82, 2.24) is 10.2 Å². The molecule has 0 aliphatic heterocycles. The second kappa shape index (κ2) is 3.74. The molecule has 1 aromatic rings. The van der Waals surface area contributed by atoms with Gasteiger partial charge in [0.15, 0.2) is 0 Å². The van der Waals surface area contributed by atoms with Gasteiger partial charge in [0.1, 0.15) is 5.01 Å². The van der Waals surface area contributed by atoms with Gasteiger partial charge >= 0.3 is 0 Å². The lowest BCUT2D eigenvalue weighted by atomic mass is 10.1. The van der Waals surface area contributed by atoms with Crippen molar-refractivity contribution < 1.29 is 0 Å². The van der Waals surface area contributed by atoms with Gasteiger partial charge in [-0.25, -0.2) is 0 Å². The molecule has 3 rings (SSSR count). The van der Waals surface area contributed by atoms with Crippen LogP contribution in [0, 0.1) is 11.8 Å². The fourth-order valence-electron chi connectivity index (χ4n) is 2.13. The van der Waals surface area contributed by atoms with Gasteiger partial charge in [-0.1, -0.05) is 18.3 Å². The zero-order valence-electron chi connectivity index (χ0n) is 9.07. The molecular formula is C11H17N3S. The van der Waals surface area contributed by atoms with Crippen LogP contribution in [0.4, 0.5) is 5.13 Å². The van der Waals surface area contributed by atoms with Gasteiger partial charge in [0.25, 0.3) is 0 Å². The van der Waals surface area contributed by atoms with E-state index in [4.69, 9.17) is 0 Å². The highest BCUT2D eigenvalue weighted by Crippen LogP contribution is 2.46. The molecule has 4 heteroatoms. The maximum Gasteiger partial charge on any atom is 0.205 e. The van der Waals surface area contributed by atoms with Crippen LogP contribution in [0.5, 0.6) is 0 Å². The Morgan fingerprint density at radius 3 is 2.40 bits per heavy atom. The molecule has 1 heterocycles. The van der Waals surface area contributed by atoms with Crippen molar-refractivity contribution in [1.29, 1.82) is 0 Å². The van der Waals surface area contributed by atoms with Crippen LogP contribution in [0.15, 0.2) is 0 Å². The zero-order valence-corrected chi connectivity index (χ0v) is 9.89. The first-order valence-electron chi connectivity index (χ1n) is 5.95. The lowest BCUT2D eigenvalue weighted by Gasteiger charge is -2.15. The molecule has 0 spiro atoms. The molecule has 1 aromatic heterocycles. The first kappa shape index (κ1) is 9.58. The smallest absolute Gasteiger partial charge is 0.205 e. The van der Waals surface area contributed by atoms with Crippen LogP contribution in [0.3, 0.4) is 0 Å². The lowest BCUT2D eigenvalue weighted by Crippen LogP contribution is -2.24. The van der Waals surface area contributed by atoms with Gasteiger partial charge in [-0.2, -0.15) is 0 Å². The normalized spacial score (nSPS) is 20.9. The fourth-order valence-corrected chi connectivity index (χ4v) is 2.85. The van der Waals surface area contributed by atoms with E-state index in [-0.39, 0.29) is 0 Å². The summed E-state index contributed by atoms with van der Waals surface area (Å²) in [6.07, 6.45) is 6.64. The second-order valence-electron chi connectivity index (χ2n) is 4.70. The zero-order chi connectivity index (χ0) is 10.3. The fraction of sp³-hybridized carbons (Fsp3) is 0.818. The molecule has 0 amide bonds. The SMILES string of the molecule is CCc1nnc(NC(C2CC2)C2CC2)s1. The molecule has 0 aromatic carbocycles. The van der Waals surface area contributed by atoms with Crippen LogP contribution in [0.25, 0.3) is 0 Å². The monoisotopic (exact) mass is 223 g/mol. The molecule has 3 nitrogen and oxygen atoms in total. The summed E-state index contributed by atoms with van der Waals surface area (Å²) in [7, 11) is 0. The molecule has 2 fully saturated rings. The summed E-state index contributed by atoms with van der Waals surface area (Å²) in [6.45, 7) is 2.13. The number of hydrogen-bond donors (Lipinski definition) is 1. The van der Waals surface area contributed by atoms with Gasteiger partial charge in [-0.3, -0.25) is 0 Å². The number of nitrogens with zero attached hydrogens (tertiary/aromatic N) is 2. The third-order valence-corrected chi connectivity index (χ3v) is 4.32. The van der Waals surface area contributed by atoms with E-state index in [1.807, 2.05) is 0 Å². The third-order valence-electron chi connectivity index (χ3n) is 3.32. The van der Waals surface area contributed by atoms with E-state index in [0.717, 1.165) is 28.4 Å². The topological polar surface area (TPSA) is 37.8 Å². The van der Waals surface area contributed by atoms with Crippen molar-refractivity contribution in [3.8, 4) is 0 Å². The molecule has 2 aliphatic carbocycles. The van der Waals surface area contributed by atoms with E-state index in [1.165, 1.54) is 25.7 Å². The van der Waals surface area contributed by atoms with E-state index in [0.29, 0.717) is 6.04 Å². The predicted octanol–water partition coefficient (Wildman–Crippen LogP) is 2.70. The van der Waals surface area contributed by atoms with Crippen LogP contribution in [0.2, 0.25) is 0 Å². The summed E-state index contributed by atoms with van der Waals surface area (Å²) in [5.41, 5.74) is 0. The molecular weight excluding hydrogens is 206 g/mol. The summed E-state index contributed by atoms with van der Waals surface area (Å²) in [4.78, 5) is 0. The van der Waals surface area contributed by atoms with Crippen LogP contribution in [0.1, 0.15) is 37.6 Å². The van der Waals surface area contributed by atoms with Crippen molar-refractivity contribution in [3.05, 3.63) is 5.01 Å². The minimum Gasteiger partial charge on any atom is -0.357 e. The van der Waals surface area contributed by atoms with Crippen LogP contribution >= 0.6 is 11.3 Å². The lowest BCUT2D eigenvalue weighted by molar-refractivity contribution is 0.566. The van der Waals surface area contributed by atoms with E-state index in [2.05, 4.69) is 22.4 Å². The Morgan fingerprint density at radius 2 is 1.93 bits per heavy atom. The Bertz CT molecular complexity index is 329. The number of aryl methyl sites for hydroxylation is 1. The Hall–Kier alpha value is -0.640. The van der Waals surface area contributed by atoms with Gasteiger partial charge in [0, 0.05) is 6.04 Å². The first-order chi connectivity index (χ1) is 7.36. The predicted molar refractivity (Wildman–Crippen MR) is 62.1 cm³/mol. The largest absolute Gasteiger partial charge is 0.357 e. The summed E-state index contributed by atoms with van der Waals surface area (Å²) in [5.74, 6) is 1.85. The number of rotatable bonds is 5. The van der Waals surface area contributed by atoms with Crippen LogP contribution in [-0.4, -0.2) is 16.2 Å². The second-order valence-corrected chi connectivity index (χ2v) is 5.76. The highest BCUT2D eigenvalue weighted by Gasteiger charge is 2.41. The maximum absolute atomic E-state index is 4.20.